The lowest BCUT2D eigenvalue weighted by Crippen LogP contribution is -2.44. The Kier molecular flexibility index (Phi) is 4.84. The number of hydrogen-bond acceptors (Lipinski definition) is 5. The van der Waals surface area contributed by atoms with Crippen LogP contribution in [0.1, 0.15) is 25.8 Å². The maximum atomic E-state index is 12.0. The Morgan fingerprint density at radius 3 is 3.05 bits per heavy atom. The SMILES string of the molecule is CCCOC(=O)C(C)N1CCOc2cc(CN)ccc21. The standard InChI is InChI=1S/C15H22N2O3/c1-3-7-20-15(18)11(2)17-6-8-19-14-9-12(10-16)4-5-13(14)17/h4-5,9,11H,3,6-8,10,16H2,1-2H3. The van der Waals surface area contributed by atoms with Gasteiger partial charge in [0.2, 0.25) is 0 Å². The Balaban J connectivity index is 2.17. The van der Waals surface area contributed by atoms with E-state index in [-0.39, 0.29) is 12.0 Å². The summed E-state index contributed by atoms with van der Waals surface area (Å²) in [5.74, 6) is 0.594. The van der Waals surface area contributed by atoms with Gasteiger partial charge in [-0.2, -0.15) is 0 Å². The van der Waals surface area contributed by atoms with Crippen LogP contribution >= 0.6 is 0 Å². The largest absolute Gasteiger partial charge is 0.490 e. The van der Waals surface area contributed by atoms with Crippen molar-refractivity contribution in [1.82, 2.24) is 0 Å². The van der Waals surface area contributed by atoms with Crippen LogP contribution in [0.25, 0.3) is 0 Å². The Morgan fingerprint density at radius 2 is 2.35 bits per heavy atom. The van der Waals surface area contributed by atoms with Crippen molar-refractivity contribution in [3.63, 3.8) is 0 Å². The molecule has 2 N–H and O–H groups in total. The van der Waals surface area contributed by atoms with Gasteiger partial charge < -0.3 is 20.1 Å². The van der Waals surface area contributed by atoms with Gasteiger partial charge in [-0.25, -0.2) is 4.79 Å². The molecule has 1 aromatic rings. The summed E-state index contributed by atoms with van der Waals surface area (Å²) in [6.45, 7) is 6.03. The van der Waals surface area contributed by atoms with E-state index in [0.717, 1.165) is 23.4 Å². The van der Waals surface area contributed by atoms with E-state index < -0.39 is 0 Å². The van der Waals surface area contributed by atoms with E-state index in [1.807, 2.05) is 36.9 Å². The number of fused-ring (bicyclic) bond motifs is 1. The minimum absolute atomic E-state index is 0.192. The van der Waals surface area contributed by atoms with Crippen LogP contribution in [-0.4, -0.2) is 31.8 Å². The first kappa shape index (κ1) is 14.7. The highest BCUT2D eigenvalue weighted by Crippen LogP contribution is 2.33. The van der Waals surface area contributed by atoms with Crippen molar-refractivity contribution in [3.05, 3.63) is 23.8 Å². The molecular formula is C15H22N2O3. The number of carbonyl (C=O) groups is 1. The molecule has 2 rings (SSSR count). The van der Waals surface area contributed by atoms with E-state index in [2.05, 4.69) is 0 Å². The van der Waals surface area contributed by atoms with Crippen molar-refractivity contribution >= 4 is 11.7 Å². The molecule has 0 fully saturated rings. The van der Waals surface area contributed by atoms with Crippen LogP contribution in [0.2, 0.25) is 0 Å². The molecule has 20 heavy (non-hydrogen) atoms. The summed E-state index contributed by atoms with van der Waals surface area (Å²) in [6, 6.07) is 5.55. The van der Waals surface area contributed by atoms with Crippen LogP contribution in [0.15, 0.2) is 18.2 Å². The molecule has 1 aliphatic rings. The van der Waals surface area contributed by atoms with Gasteiger partial charge in [0.25, 0.3) is 0 Å². The lowest BCUT2D eigenvalue weighted by molar-refractivity contribution is -0.144. The highest BCUT2D eigenvalue weighted by atomic mass is 16.5. The fourth-order valence-electron chi connectivity index (χ4n) is 2.27. The summed E-state index contributed by atoms with van der Waals surface area (Å²) in [4.78, 5) is 14.0. The van der Waals surface area contributed by atoms with Gasteiger partial charge in [-0.15, -0.1) is 0 Å². The Hall–Kier alpha value is -1.75. The maximum Gasteiger partial charge on any atom is 0.328 e. The van der Waals surface area contributed by atoms with Crippen molar-refractivity contribution in [2.45, 2.75) is 32.9 Å². The highest BCUT2D eigenvalue weighted by Gasteiger charge is 2.27. The second kappa shape index (κ2) is 6.61. The molecule has 0 aromatic heterocycles. The minimum Gasteiger partial charge on any atom is -0.490 e. The molecule has 1 aromatic carbocycles. The van der Waals surface area contributed by atoms with E-state index in [0.29, 0.717) is 26.3 Å². The Morgan fingerprint density at radius 1 is 1.55 bits per heavy atom. The average Bonchev–Trinajstić information content (AvgIpc) is 2.50. The number of nitrogens with zero attached hydrogens (tertiary/aromatic N) is 1. The van der Waals surface area contributed by atoms with Crippen LogP contribution in [0.3, 0.4) is 0 Å². The third-order valence-electron chi connectivity index (χ3n) is 3.42. The van der Waals surface area contributed by atoms with Gasteiger partial charge in [-0.05, 0) is 31.0 Å². The summed E-state index contributed by atoms with van der Waals surface area (Å²) in [6.07, 6.45) is 0.831. The number of carbonyl (C=O) groups excluding carboxylic acids is 1. The Labute approximate surface area is 119 Å². The number of ether oxygens (including phenoxy) is 2. The predicted molar refractivity (Wildman–Crippen MR) is 77.9 cm³/mol. The molecule has 1 aliphatic heterocycles. The van der Waals surface area contributed by atoms with Crippen LogP contribution < -0.4 is 15.4 Å². The Bertz CT molecular complexity index is 476. The molecule has 0 aliphatic carbocycles. The lowest BCUT2D eigenvalue weighted by atomic mass is 10.1. The van der Waals surface area contributed by atoms with Crippen molar-refractivity contribution in [2.24, 2.45) is 5.73 Å². The van der Waals surface area contributed by atoms with Crippen molar-refractivity contribution in [1.29, 1.82) is 0 Å². The predicted octanol–water partition coefficient (Wildman–Crippen LogP) is 1.69. The molecule has 0 saturated carbocycles. The van der Waals surface area contributed by atoms with E-state index in [9.17, 15) is 4.79 Å². The molecule has 5 heteroatoms. The quantitative estimate of drug-likeness (QED) is 0.830. The molecule has 5 nitrogen and oxygen atoms in total. The summed E-state index contributed by atoms with van der Waals surface area (Å²) >= 11 is 0. The lowest BCUT2D eigenvalue weighted by Gasteiger charge is -2.34. The highest BCUT2D eigenvalue weighted by molar-refractivity contribution is 5.81. The smallest absolute Gasteiger partial charge is 0.328 e. The second-order valence-corrected chi connectivity index (χ2v) is 4.89. The molecule has 0 saturated heterocycles. The third kappa shape index (κ3) is 3.04. The number of esters is 1. The van der Waals surface area contributed by atoms with Crippen molar-refractivity contribution < 1.29 is 14.3 Å². The topological polar surface area (TPSA) is 64.8 Å². The molecule has 1 atom stereocenters. The number of anilines is 1. The molecule has 0 amide bonds. The van der Waals surface area contributed by atoms with E-state index in [1.54, 1.807) is 0 Å². The third-order valence-corrected chi connectivity index (χ3v) is 3.42. The molecule has 0 radical (unpaired) electrons. The van der Waals surface area contributed by atoms with E-state index in [4.69, 9.17) is 15.2 Å². The molecule has 110 valence electrons. The van der Waals surface area contributed by atoms with Gasteiger partial charge in [0.1, 0.15) is 18.4 Å². The zero-order valence-electron chi connectivity index (χ0n) is 12.1. The van der Waals surface area contributed by atoms with Crippen molar-refractivity contribution in [2.75, 3.05) is 24.7 Å². The van der Waals surface area contributed by atoms with Gasteiger partial charge >= 0.3 is 5.97 Å². The molecule has 0 bridgehead atoms. The normalized spacial score (nSPS) is 15.2. The van der Waals surface area contributed by atoms with Crippen LogP contribution in [0.4, 0.5) is 5.69 Å². The number of nitrogens with two attached hydrogens (primary N) is 1. The van der Waals surface area contributed by atoms with Crippen LogP contribution in [0, 0.1) is 0 Å². The van der Waals surface area contributed by atoms with Crippen molar-refractivity contribution in [3.8, 4) is 5.75 Å². The first-order valence-corrected chi connectivity index (χ1v) is 7.06. The summed E-state index contributed by atoms with van der Waals surface area (Å²) in [5.41, 5.74) is 7.58. The zero-order chi connectivity index (χ0) is 14.5. The first-order chi connectivity index (χ1) is 9.67. The summed E-state index contributed by atoms with van der Waals surface area (Å²) < 4.78 is 10.9. The summed E-state index contributed by atoms with van der Waals surface area (Å²) in [5, 5.41) is 0. The van der Waals surface area contributed by atoms with Gasteiger partial charge in [0.15, 0.2) is 0 Å². The number of benzene rings is 1. The number of hydrogen-bond donors (Lipinski definition) is 1. The molecule has 0 spiro atoms. The summed E-state index contributed by atoms with van der Waals surface area (Å²) in [7, 11) is 0. The fourth-order valence-corrected chi connectivity index (χ4v) is 2.27. The van der Waals surface area contributed by atoms with Gasteiger partial charge in [-0.1, -0.05) is 13.0 Å². The minimum atomic E-state index is -0.312. The van der Waals surface area contributed by atoms with E-state index in [1.165, 1.54) is 0 Å². The van der Waals surface area contributed by atoms with Crippen LogP contribution in [-0.2, 0) is 16.1 Å². The van der Waals surface area contributed by atoms with Gasteiger partial charge in [0.05, 0.1) is 18.8 Å². The first-order valence-electron chi connectivity index (χ1n) is 7.06. The monoisotopic (exact) mass is 278 g/mol. The van der Waals surface area contributed by atoms with Gasteiger partial charge in [0, 0.05) is 6.54 Å². The average molecular weight is 278 g/mol. The van der Waals surface area contributed by atoms with Crippen LogP contribution in [0.5, 0.6) is 5.75 Å². The fraction of sp³-hybridized carbons (Fsp3) is 0.533. The van der Waals surface area contributed by atoms with E-state index >= 15 is 0 Å². The second-order valence-electron chi connectivity index (χ2n) is 4.89. The molecular weight excluding hydrogens is 256 g/mol. The maximum absolute atomic E-state index is 12.0. The number of rotatable bonds is 5. The van der Waals surface area contributed by atoms with Gasteiger partial charge in [-0.3, -0.25) is 0 Å². The molecule has 1 heterocycles. The zero-order valence-corrected chi connectivity index (χ0v) is 12.1. The molecule has 1 unspecified atom stereocenters.